The van der Waals surface area contributed by atoms with Crippen LogP contribution < -0.4 is 19.7 Å². The average Bonchev–Trinajstić information content (AvgIpc) is 3.56. The van der Waals surface area contributed by atoms with E-state index in [9.17, 15) is 0 Å². The second-order valence-electron chi connectivity index (χ2n) is 11.0. The van der Waals surface area contributed by atoms with E-state index in [0.29, 0.717) is 29.3 Å². The normalized spacial score (nSPS) is 17.0. The van der Waals surface area contributed by atoms with Gasteiger partial charge < -0.3 is 29.0 Å². The third kappa shape index (κ3) is 7.21. The molecule has 0 spiro atoms. The quantitative estimate of drug-likeness (QED) is 0.252. The van der Waals surface area contributed by atoms with Crippen LogP contribution in [0.2, 0.25) is 5.02 Å². The fraction of sp³-hybridized carbons (Fsp3) is 0.406. The van der Waals surface area contributed by atoms with Crippen LogP contribution >= 0.6 is 11.6 Å². The van der Waals surface area contributed by atoms with Gasteiger partial charge in [-0.2, -0.15) is 0 Å². The lowest BCUT2D eigenvalue weighted by Crippen LogP contribution is -2.49. The Morgan fingerprint density at radius 3 is 2.51 bits per heavy atom. The van der Waals surface area contributed by atoms with Gasteiger partial charge in [-0.3, -0.25) is 4.90 Å². The number of rotatable bonds is 10. The van der Waals surface area contributed by atoms with Crippen LogP contribution in [0.3, 0.4) is 0 Å². The van der Waals surface area contributed by atoms with Crippen molar-refractivity contribution < 1.29 is 14.2 Å². The fourth-order valence-corrected chi connectivity index (χ4v) is 5.95. The van der Waals surface area contributed by atoms with Gasteiger partial charge in [-0.05, 0) is 49.6 Å². The summed E-state index contributed by atoms with van der Waals surface area (Å²) in [4.78, 5) is 18.2. The maximum atomic E-state index is 6.45. The Bertz CT molecular complexity index is 1470. The van der Waals surface area contributed by atoms with Crippen LogP contribution in [0.4, 0.5) is 17.3 Å². The molecule has 4 heterocycles. The third-order valence-corrected chi connectivity index (χ3v) is 8.41. The zero-order valence-corrected chi connectivity index (χ0v) is 25.4. The molecule has 2 aromatic carbocycles. The van der Waals surface area contributed by atoms with E-state index >= 15 is 0 Å². The molecule has 2 aliphatic rings. The number of morpholine rings is 1. The van der Waals surface area contributed by atoms with Gasteiger partial charge in [-0.15, -0.1) is 0 Å². The number of nitrogens with one attached hydrogen (secondary N) is 1. The van der Waals surface area contributed by atoms with Gasteiger partial charge in [0.2, 0.25) is 5.95 Å². The highest BCUT2D eigenvalue weighted by molar-refractivity contribution is 6.32. The van der Waals surface area contributed by atoms with Gasteiger partial charge in [-0.1, -0.05) is 17.7 Å². The second kappa shape index (κ2) is 13.6. The molecule has 2 aliphatic heterocycles. The van der Waals surface area contributed by atoms with E-state index in [0.717, 1.165) is 74.8 Å². The fourth-order valence-electron chi connectivity index (χ4n) is 5.79. The van der Waals surface area contributed by atoms with E-state index in [1.165, 1.54) is 5.69 Å². The van der Waals surface area contributed by atoms with Crippen LogP contribution in [0.1, 0.15) is 19.8 Å². The highest BCUT2D eigenvalue weighted by atomic mass is 35.5. The monoisotopic (exact) mass is 603 g/mol. The number of halogens is 1. The summed E-state index contributed by atoms with van der Waals surface area (Å²) in [6, 6.07) is 12.6. The Labute approximate surface area is 257 Å². The molecule has 0 radical (unpaired) electrons. The first-order valence-electron chi connectivity index (χ1n) is 14.8. The number of hydrogen-bond donors (Lipinski definition) is 1. The number of aromatic nitrogens is 4. The van der Waals surface area contributed by atoms with E-state index in [2.05, 4.69) is 42.2 Å². The first-order chi connectivity index (χ1) is 21.1. The van der Waals surface area contributed by atoms with Gasteiger partial charge in [0, 0.05) is 74.3 Å². The molecule has 43 heavy (non-hydrogen) atoms. The zero-order valence-electron chi connectivity index (χ0n) is 24.7. The number of nitrogens with zero attached hydrogens (tertiary/aromatic N) is 6. The second-order valence-corrected chi connectivity index (χ2v) is 11.4. The van der Waals surface area contributed by atoms with Crippen molar-refractivity contribution in [2.45, 2.75) is 38.5 Å². The van der Waals surface area contributed by atoms with Crippen LogP contribution in [0.5, 0.6) is 11.5 Å². The largest absolute Gasteiger partial charge is 0.494 e. The van der Waals surface area contributed by atoms with Gasteiger partial charge in [0.05, 0.1) is 43.9 Å². The predicted octanol–water partition coefficient (Wildman–Crippen LogP) is 5.51. The molecule has 1 N–H and O–H groups in total. The van der Waals surface area contributed by atoms with E-state index in [4.69, 9.17) is 25.8 Å². The van der Waals surface area contributed by atoms with Crippen molar-refractivity contribution in [1.82, 2.24) is 24.4 Å². The predicted molar refractivity (Wildman–Crippen MR) is 169 cm³/mol. The standard InChI is InChI=1S/C32H38ClN7O3/c1-23(21-38-12-9-34-22-38)43-30-17-24(3-5-28(30)33)25-19-35-32(36-20-25)37-29-6-4-27(18-31(29)41-2)39-10-7-26(8-11-39)40-13-15-42-16-14-40/h3-6,9,12,17-20,22-23,26H,7-8,10-11,13-16,21H2,1-2H3,(H,35,36,37)/t23-/m0/s1. The molecule has 11 heteroatoms. The van der Waals surface area contributed by atoms with Gasteiger partial charge >= 0.3 is 0 Å². The number of hydrogen-bond acceptors (Lipinski definition) is 9. The number of imidazole rings is 1. The molecule has 0 unspecified atom stereocenters. The van der Waals surface area contributed by atoms with E-state index in [1.54, 1.807) is 32.0 Å². The Balaban J connectivity index is 1.08. The van der Waals surface area contributed by atoms with Crippen LogP contribution in [0.25, 0.3) is 11.1 Å². The molecule has 0 bridgehead atoms. The molecule has 10 nitrogen and oxygen atoms in total. The van der Waals surface area contributed by atoms with Crippen LogP contribution in [-0.2, 0) is 11.3 Å². The molecule has 226 valence electrons. The van der Waals surface area contributed by atoms with Crippen LogP contribution in [0, 0.1) is 0 Å². The highest BCUT2D eigenvalue weighted by Gasteiger charge is 2.26. The molecule has 2 fully saturated rings. The van der Waals surface area contributed by atoms with Crippen molar-refractivity contribution in [3.63, 3.8) is 0 Å². The SMILES string of the molecule is COc1cc(N2CCC(N3CCOCC3)CC2)ccc1Nc1ncc(-c2ccc(Cl)c(O[C@@H](C)Cn3ccnc3)c2)cn1. The first-order valence-corrected chi connectivity index (χ1v) is 15.2. The van der Waals surface area contributed by atoms with Gasteiger partial charge in [0.25, 0.3) is 0 Å². The smallest absolute Gasteiger partial charge is 0.227 e. The summed E-state index contributed by atoms with van der Waals surface area (Å²) in [5, 5.41) is 3.87. The summed E-state index contributed by atoms with van der Waals surface area (Å²) >= 11 is 6.45. The summed E-state index contributed by atoms with van der Waals surface area (Å²) in [5.74, 6) is 1.86. The number of methoxy groups -OCH3 is 1. The molecule has 4 aromatic rings. The summed E-state index contributed by atoms with van der Waals surface area (Å²) in [5.41, 5.74) is 3.76. The lowest BCUT2D eigenvalue weighted by Gasteiger charge is -2.40. The molecule has 6 rings (SSSR count). The number of piperidine rings is 1. The Hall–Kier alpha value is -3.86. The first kappa shape index (κ1) is 29.2. The summed E-state index contributed by atoms with van der Waals surface area (Å²) < 4.78 is 19.4. The Morgan fingerprint density at radius 2 is 1.79 bits per heavy atom. The molecular weight excluding hydrogens is 566 g/mol. The Morgan fingerprint density at radius 1 is 1.00 bits per heavy atom. The molecule has 0 saturated carbocycles. The van der Waals surface area contributed by atoms with E-state index in [1.807, 2.05) is 42.0 Å². The maximum Gasteiger partial charge on any atom is 0.227 e. The summed E-state index contributed by atoms with van der Waals surface area (Å²) in [6.45, 7) is 8.52. The van der Waals surface area contributed by atoms with Crippen molar-refractivity contribution in [3.05, 3.63) is 72.5 Å². The summed E-state index contributed by atoms with van der Waals surface area (Å²) in [7, 11) is 1.69. The lowest BCUT2D eigenvalue weighted by molar-refractivity contribution is 0.0115. The van der Waals surface area contributed by atoms with Crippen molar-refractivity contribution in [3.8, 4) is 22.6 Å². The Kier molecular flexibility index (Phi) is 9.26. The molecule has 2 saturated heterocycles. The molecular formula is C32H38ClN7O3. The third-order valence-electron chi connectivity index (χ3n) is 8.09. The van der Waals surface area contributed by atoms with Gasteiger partial charge in [0.1, 0.15) is 17.6 Å². The van der Waals surface area contributed by atoms with Gasteiger partial charge in [0.15, 0.2) is 0 Å². The number of ether oxygens (including phenoxy) is 3. The lowest BCUT2D eigenvalue weighted by atomic mass is 10.0. The zero-order chi connectivity index (χ0) is 29.6. The van der Waals surface area contributed by atoms with E-state index < -0.39 is 0 Å². The molecule has 0 aliphatic carbocycles. The minimum atomic E-state index is -0.0898. The van der Waals surface area contributed by atoms with Gasteiger partial charge in [-0.25, -0.2) is 15.0 Å². The maximum absolute atomic E-state index is 6.45. The van der Waals surface area contributed by atoms with Crippen molar-refractivity contribution >= 4 is 28.9 Å². The van der Waals surface area contributed by atoms with Crippen molar-refractivity contribution in [1.29, 1.82) is 0 Å². The van der Waals surface area contributed by atoms with Crippen molar-refractivity contribution in [2.24, 2.45) is 0 Å². The topological polar surface area (TPSA) is 89.8 Å². The highest BCUT2D eigenvalue weighted by Crippen LogP contribution is 2.34. The average molecular weight is 604 g/mol. The number of benzene rings is 2. The molecule has 2 aromatic heterocycles. The minimum Gasteiger partial charge on any atom is -0.494 e. The van der Waals surface area contributed by atoms with E-state index in [-0.39, 0.29) is 6.10 Å². The van der Waals surface area contributed by atoms with Crippen LogP contribution in [-0.4, -0.2) is 83.1 Å². The van der Waals surface area contributed by atoms with Crippen molar-refractivity contribution in [2.75, 3.05) is 56.7 Å². The molecule has 1 atom stereocenters. The minimum absolute atomic E-state index is 0.0898. The molecule has 0 amide bonds. The number of anilines is 3. The van der Waals surface area contributed by atoms with Crippen LogP contribution in [0.15, 0.2) is 67.5 Å². The summed E-state index contributed by atoms with van der Waals surface area (Å²) in [6.07, 6.45) is 11.2.